The second-order valence-corrected chi connectivity index (χ2v) is 4.04. The Labute approximate surface area is 95.2 Å². The normalized spacial score (nSPS) is 10.9. The lowest BCUT2D eigenvalue weighted by atomic mass is 10.0. The quantitative estimate of drug-likeness (QED) is 0.839. The molecule has 0 amide bonds. The maximum Gasteiger partial charge on any atom is 0.0885 e. The lowest BCUT2D eigenvalue weighted by Gasteiger charge is -2.09. The molecule has 0 aliphatic rings. The van der Waals surface area contributed by atoms with Gasteiger partial charge in [-0.25, -0.2) is 4.98 Å². The van der Waals surface area contributed by atoms with E-state index in [1.54, 1.807) is 7.11 Å². The summed E-state index contributed by atoms with van der Waals surface area (Å²) < 4.78 is 5.08. The van der Waals surface area contributed by atoms with E-state index in [4.69, 9.17) is 10.5 Å². The summed E-state index contributed by atoms with van der Waals surface area (Å²) in [4.78, 5) is 4.58. The molecule has 0 spiro atoms. The fourth-order valence-electron chi connectivity index (χ4n) is 1.83. The number of aryl methyl sites for hydroxylation is 2. The number of methoxy groups -OCH3 is 1. The number of fused-ring (bicyclic) bond motifs is 1. The van der Waals surface area contributed by atoms with Gasteiger partial charge in [0, 0.05) is 18.2 Å². The zero-order valence-corrected chi connectivity index (χ0v) is 9.87. The number of aromatic nitrogens is 1. The van der Waals surface area contributed by atoms with E-state index in [0.717, 1.165) is 22.3 Å². The lowest BCUT2D eigenvalue weighted by molar-refractivity contribution is 0.182. The van der Waals surface area contributed by atoms with E-state index in [1.165, 1.54) is 11.1 Å². The van der Waals surface area contributed by atoms with Crippen molar-refractivity contribution in [1.29, 1.82) is 0 Å². The summed E-state index contributed by atoms with van der Waals surface area (Å²) in [7, 11) is 1.66. The van der Waals surface area contributed by atoms with Gasteiger partial charge in [-0.2, -0.15) is 0 Å². The van der Waals surface area contributed by atoms with Crippen LogP contribution in [0, 0.1) is 13.8 Å². The van der Waals surface area contributed by atoms with Crippen molar-refractivity contribution >= 4 is 16.6 Å². The van der Waals surface area contributed by atoms with E-state index in [9.17, 15) is 0 Å². The summed E-state index contributed by atoms with van der Waals surface area (Å²) >= 11 is 0. The topological polar surface area (TPSA) is 48.1 Å². The lowest BCUT2D eigenvalue weighted by Crippen LogP contribution is -1.99. The Balaban J connectivity index is 2.73. The highest BCUT2D eigenvalue weighted by Gasteiger charge is 2.07. The van der Waals surface area contributed by atoms with E-state index in [-0.39, 0.29) is 0 Å². The Morgan fingerprint density at radius 2 is 2.06 bits per heavy atom. The molecule has 0 fully saturated rings. The number of hydrogen-bond acceptors (Lipinski definition) is 3. The molecule has 3 heteroatoms. The smallest absolute Gasteiger partial charge is 0.0885 e. The highest BCUT2D eigenvalue weighted by Crippen LogP contribution is 2.25. The minimum Gasteiger partial charge on any atom is -0.398 e. The van der Waals surface area contributed by atoms with Crippen molar-refractivity contribution in [2.75, 3.05) is 12.8 Å². The molecule has 2 rings (SSSR count). The molecule has 1 aromatic heterocycles. The number of ether oxygens (including phenoxy) is 1. The third-order valence-electron chi connectivity index (χ3n) is 2.88. The highest BCUT2D eigenvalue weighted by molar-refractivity contribution is 5.92. The molecule has 3 nitrogen and oxygen atoms in total. The SMILES string of the molecule is COCc1cc(N)c2ccc(C)c(C)c2n1. The first-order valence-corrected chi connectivity index (χ1v) is 5.27. The van der Waals surface area contributed by atoms with Crippen molar-refractivity contribution in [2.45, 2.75) is 20.5 Å². The molecule has 1 heterocycles. The molecule has 0 bridgehead atoms. The van der Waals surface area contributed by atoms with Crippen LogP contribution in [0.3, 0.4) is 0 Å². The zero-order chi connectivity index (χ0) is 11.7. The minimum absolute atomic E-state index is 0.494. The summed E-state index contributed by atoms with van der Waals surface area (Å²) in [5, 5.41) is 1.02. The number of nitrogen functional groups attached to an aromatic ring is 1. The van der Waals surface area contributed by atoms with E-state index in [1.807, 2.05) is 12.1 Å². The van der Waals surface area contributed by atoms with Crippen molar-refractivity contribution in [3.05, 3.63) is 35.0 Å². The van der Waals surface area contributed by atoms with Crippen LogP contribution in [0.25, 0.3) is 10.9 Å². The van der Waals surface area contributed by atoms with Gasteiger partial charge in [0.05, 0.1) is 17.8 Å². The first-order valence-electron chi connectivity index (χ1n) is 5.27. The molecule has 84 valence electrons. The fourth-order valence-corrected chi connectivity index (χ4v) is 1.83. The standard InChI is InChI=1S/C13H16N2O/c1-8-4-5-11-12(14)6-10(7-16-3)15-13(11)9(8)2/h4-6H,7H2,1-3H3,(H2,14,15). The molecular weight excluding hydrogens is 200 g/mol. The van der Waals surface area contributed by atoms with E-state index >= 15 is 0 Å². The van der Waals surface area contributed by atoms with Crippen molar-refractivity contribution in [1.82, 2.24) is 4.98 Å². The van der Waals surface area contributed by atoms with Crippen molar-refractivity contribution < 1.29 is 4.74 Å². The van der Waals surface area contributed by atoms with E-state index in [0.29, 0.717) is 6.61 Å². The van der Waals surface area contributed by atoms with Crippen LogP contribution in [0.2, 0.25) is 0 Å². The molecule has 2 aromatic rings. The van der Waals surface area contributed by atoms with Gasteiger partial charge in [0.1, 0.15) is 0 Å². The van der Waals surface area contributed by atoms with Gasteiger partial charge in [-0.15, -0.1) is 0 Å². The van der Waals surface area contributed by atoms with Crippen LogP contribution in [-0.4, -0.2) is 12.1 Å². The third kappa shape index (κ3) is 1.74. The average molecular weight is 216 g/mol. The molecule has 0 aliphatic carbocycles. The van der Waals surface area contributed by atoms with Gasteiger partial charge in [-0.3, -0.25) is 0 Å². The molecule has 0 atom stereocenters. The van der Waals surface area contributed by atoms with Crippen LogP contribution in [0.4, 0.5) is 5.69 Å². The first-order chi connectivity index (χ1) is 7.63. The molecule has 0 aliphatic heterocycles. The highest BCUT2D eigenvalue weighted by atomic mass is 16.5. The number of nitrogens with zero attached hydrogens (tertiary/aromatic N) is 1. The third-order valence-corrected chi connectivity index (χ3v) is 2.88. The summed E-state index contributed by atoms with van der Waals surface area (Å²) in [5.74, 6) is 0. The van der Waals surface area contributed by atoms with Gasteiger partial charge in [0.2, 0.25) is 0 Å². The van der Waals surface area contributed by atoms with Crippen LogP contribution in [-0.2, 0) is 11.3 Å². The molecule has 0 saturated heterocycles. The average Bonchev–Trinajstić information content (AvgIpc) is 2.25. The van der Waals surface area contributed by atoms with E-state index < -0.39 is 0 Å². The van der Waals surface area contributed by atoms with Crippen molar-refractivity contribution in [3.63, 3.8) is 0 Å². The van der Waals surface area contributed by atoms with Crippen LogP contribution in [0.1, 0.15) is 16.8 Å². The van der Waals surface area contributed by atoms with Gasteiger partial charge >= 0.3 is 0 Å². The van der Waals surface area contributed by atoms with Crippen LogP contribution >= 0.6 is 0 Å². The Kier molecular flexibility index (Phi) is 2.79. The molecule has 2 N–H and O–H groups in total. The minimum atomic E-state index is 0.494. The molecule has 0 saturated carbocycles. The number of anilines is 1. The second kappa shape index (κ2) is 4.10. The van der Waals surface area contributed by atoms with Crippen molar-refractivity contribution in [3.8, 4) is 0 Å². The Morgan fingerprint density at radius 3 is 2.75 bits per heavy atom. The zero-order valence-electron chi connectivity index (χ0n) is 9.87. The van der Waals surface area contributed by atoms with Gasteiger partial charge < -0.3 is 10.5 Å². The monoisotopic (exact) mass is 216 g/mol. The molecular formula is C13H16N2O. The molecule has 1 aromatic carbocycles. The largest absolute Gasteiger partial charge is 0.398 e. The predicted molar refractivity (Wildman–Crippen MR) is 66.3 cm³/mol. The molecule has 0 radical (unpaired) electrons. The Bertz CT molecular complexity index is 535. The number of nitrogens with two attached hydrogens (primary N) is 1. The predicted octanol–water partition coefficient (Wildman–Crippen LogP) is 2.58. The van der Waals surface area contributed by atoms with E-state index in [2.05, 4.69) is 24.9 Å². The maximum absolute atomic E-state index is 6.01. The number of pyridine rings is 1. The first kappa shape index (κ1) is 10.9. The van der Waals surface area contributed by atoms with Crippen LogP contribution in [0.5, 0.6) is 0 Å². The molecule has 0 unspecified atom stereocenters. The Hall–Kier alpha value is -1.61. The van der Waals surface area contributed by atoms with Crippen LogP contribution in [0.15, 0.2) is 18.2 Å². The maximum atomic E-state index is 6.01. The van der Waals surface area contributed by atoms with Gasteiger partial charge in [-0.1, -0.05) is 12.1 Å². The number of rotatable bonds is 2. The molecule has 16 heavy (non-hydrogen) atoms. The van der Waals surface area contributed by atoms with Crippen LogP contribution < -0.4 is 5.73 Å². The van der Waals surface area contributed by atoms with Gasteiger partial charge in [0.15, 0.2) is 0 Å². The summed E-state index contributed by atoms with van der Waals surface area (Å²) in [6, 6.07) is 5.98. The summed E-state index contributed by atoms with van der Waals surface area (Å²) in [6.07, 6.45) is 0. The van der Waals surface area contributed by atoms with Crippen molar-refractivity contribution in [2.24, 2.45) is 0 Å². The fraction of sp³-hybridized carbons (Fsp3) is 0.308. The Morgan fingerprint density at radius 1 is 1.31 bits per heavy atom. The number of benzene rings is 1. The number of hydrogen-bond donors (Lipinski definition) is 1. The summed E-state index contributed by atoms with van der Waals surface area (Å²) in [6.45, 7) is 4.64. The van der Waals surface area contributed by atoms with Gasteiger partial charge in [0.25, 0.3) is 0 Å². The van der Waals surface area contributed by atoms with Gasteiger partial charge in [-0.05, 0) is 31.0 Å². The summed E-state index contributed by atoms with van der Waals surface area (Å²) in [5.41, 5.74) is 11.0. The second-order valence-electron chi connectivity index (χ2n) is 4.04.